The van der Waals surface area contributed by atoms with Gasteiger partial charge in [-0.2, -0.15) is 4.31 Å². The van der Waals surface area contributed by atoms with Crippen LogP contribution in [0.5, 0.6) is 0 Å². The Balaban J connectivity index is 1.37. The van der Waals surface area contributed by atoms with Gasteiger partial charge in [0, 0.05) is 31.6 Å². The molecule has 5 rings (SSSR count). The van der Waals surface area contributed by atoms with Crippen LogP contribution in [0, 0.1) is 11.8 Å². The number of nitrogens with one attached hydrogen (secondary N) is 1. The number of carbonyl (C=O) groups excluding carboxylic acids is 2. The van der Waals surface area contributed by atoms with Crippen molar-refractivity contribution in [2.24, 2.45) is 17.0 Å². The molecule has 3 aromatic carbocycles. The quantitative estimate of drug-likeness (QED) is 0.0770. The number of nitrogens with zero attached hydrogens (tertiary/aromatic N) is 5. The first-order chi connectivity index (χ1) is 25.4. The molecule has 3 N–H and O–H groups in total. The van der Waals surface area contributed by atoms with Crippen molar-refractivity contribution in [2.75, 3.05) is 26.2 Å². The van der Waals surface area contributed by atoms with Crippen LogP contribution in [0.3, 0.4) is 0 Å². The molecule has 0 spiro atoms. The second kappa shape index (κ2) is 17.8. The summed E-state index contributed by atoms with van der Waals surface area (Å²) >= 11 is 0. The molecule has 1 aliphatic rings. The number of carbonyl (C=O) groups is 2. The van der Waals surface area contributed by atoms with E-state index in [9.17, 15) is 23.1 Å². The van der Waals surface area contributed by atoms with E-state index in [4.69, 9.17) is 10.2 Å². The minimum Gasteiger partial charge on any atom is -0.411 e. The maximum absolute atomic E-state index is 14.4. The lowest BCUT2D eigenvalue weighted by Gasteiger charge is -2.35. The Hall–Kier alpha value is -4.85. The van der Waals surface area contributed by atoms with Crippen molar-refractivity contribution in [3.8, 4) is 0 Å². The molecule has 0 radical (unpaired) electrons. The van der Waals surface area contributed by atoms with Gasteiger partial charge in [0.25, 0.3) is 0 Å². The SMILES string of the molecule is CC[C@H](C)[C@@H](C(=O)N[C@@H](Cc1ccccc1)[C@@H](O)CN(CC(C)C)S(=O)(=O)c1ccc(C=NO)cc1)N1CCN(Cc2ccc3ccccc3n2)C1=O. The van der Waals surface area contributed by atoms with Crippen LogP contribution < -0.4 is 5.32 Å². The molecule has 1 aromatic heterocycles. The Bertz CT molecular complexity index is 1970. The van der Waals surface area contributed by atoms with Crippen LogP contribution in [0.4, 0.5) is 4.79 Å². The first-order valence-corrected chi connectivity index (χ1v) is 19.6. The Morgan fingerprint density at radius 2 is 1.66 bits per heavy atom. The zero-order valence-corrected chi connectivity index (χ0v) is 31.6. The molecule has 12 nitrogen and oxygen atoms in total. The van der Waals surface area contributed by atoms with Gasteiger partial charge in [0.15, 0.2) is 0 Å². The molecule has 1 fully saturated rings. The fraction of sp³-hybridized carbons (Fsp3) is 0.400. The fourth-order valence-electron chi connectivity index (χ4n) is 6.70. The van der Waals surface area contributed by atoms with Crippen molar-refractivity contribution in [3.63, 3.8) is 0 Å². The molecule has 53 heavy (non-hydrogen) atoms. The predicted molar refractivity (Wildman–Crippen MR) is 205 cm³/mol. The van der Waals surface area contributed by atoms with E-state index in [2.05, 4.69) is 10.5 Å². The van der Waals surface area contributed by atoms with Gasteiger partial charge in [-0.3, -0.25) is 9.78 Å². The third-order valence-electron chi connectivity index (χ3n) is 9.70. The monoisotopic (exact) mass is 742 g/mol. The number of aromatic nitrogens is 1. The standard InChI is InChI=1S/C40H50N6O6S/c1-5-29(4)38(46-22-21-44(40(46)49)26-33-18-17-32-13-9-10-14-35(32)42-33)39(48)43-36(23-30-11-7-6-8-12-30)37(47)27-45(25-28(2)3)53(51,52)34-19-15-31(16-20-34)24-41-50/h6-20,24,28-29,36-38,47,50H,5,21-23,25-27H2,1-4H3,(H,43,48)/t29-,36-,37-,38-/m0/s1. The number of oxime groups is 1. The second-order valence-electron chi connectivity index (χ2n) is 14.1. The smallest absolute Gasteiger partial charge is 0.321 e. The van der Waals surface area contributed by atoms with Crippen molar-refractivity contribution in [1.82, 2.24) is 24.4 Å². The highest BCUT2D eigenvalue weighted by Crippen LogP contribution is 2.24. The van der Waals surface area contributed by atoms with Crippen molar-refractivity contribution < 1.29 is 28.3 Å². The summed E-state index contributed by atoms with van der Waals surface area (Å²) < 4.78 is 29.1. The molecule has 0 saturated carbocycles. The van der Waals surface area contributed by atoms with Crippen LogP contribution in [0.2, 0.25) is 0 Å². The molecule has 282 valence electrons. The minimum absolute atomic E-state index is 0.0249. The van der Waals surface area contributed by atoms with Crippen molar-refractivity contribution in [2.45, 2.75) is 70.2 Å². The second-order valence-corrected chi connectivity index (χ2v) is 16.1. The third kappa shape index (κ3) is 9.78. The van der Waals surface area contributed by atoms with E-state index < -0.39 is 34.1 Å². The average molecular weight is 743 g/mol. The van der Waals surface area contributed by atoms with Gasteiger partial charge in [-0.1, -0.05) is 106 Å². The number of aliphatic hydroxyl groups excluding tert-OH is 1. The zero-order valence-electron chi connectivity index (χ0n) is 30.7. The summed E-state index contributed by atoms with van der Waals surface area (Å²) in [6.45, 7) is 8.63. The molecule has 4 aromatic rings. The van der Waals surface area contributed by atoms with Crippen LogP contribution in [0.15, 0.2) is 101 Å². The number of benzene rings is 3. The fourth-order valence-corrected chi connectivity index (χ4v) is 8.32. The highest BCUT2D eigenvalue weighted by atomic mass is 32.2. The largest absolute Gasteiger partial charge is 0.411 e. The average Bonchev–Trinajstić information content (AvgIpc) is 3.49. The number of hydrogen-bond donors (Lipinski definition) is 3. The van der Waals surface area contributed by atoms with Gasteiger partial charge >= 0.3 is 6.03 Å². The third-order valence-corrected chi connectivity index (χ3v) is 11.5. The first-order valence-electron chi connectivity index (χ1n) is 18.1. The van der Waals surface area contributed by atoms with Gasteiger partial charge in [0.2, 0.25) is 15.9 Å². The van der Waals surface area contributed by atoms with Gasteiger partial charge in [-0.05, 0) is 53.6 Å². The maximum Gasteiger partial charge on any atom is 0.321 e. The predicted octanol–water partition coefficient (Wildman–Crippen LogP) is 5.13. The van der Waals surface area contributed by atoms with Crippen molar-refractivity contribution in [1.29, 1.82) is 0 Å². The summed E-state index contributed by atoms with van der Waals surface area (Å²) in [6, 6.07) is 25.1. The van der Waals surface area contributed by atoms with E-state index >= 15 is 0 Å². The number of aliphatic hydroxyl groups is 1. The van der Waals surface area contributed by atoms with E-state index in [-0.39, 0.29) is 42.3 Å². The van der Waals surface area contributed by atoms with E-state index in [1.807, 2.05) is 94.4 Å². The van der Waals surface area contributed by atoms with Crippen LogP contribution in [-0.2, 0) is 27.8 Å². The number of pyridine rings is 1. The van der Waals surface area contributed by atoms with Crippen LogP contribution in [0.1, 0.15) is 50.9 Å². The highest BCUT2D eigenvalue weighted by molar-refractivity contribution is 7.89. The summed E-state index contributed by atoms with van der Waals surface area (Å²) in [4.78, 5) is 36.3. The lowest BCUT2D eigenvalue weighted by Crippen LogP contribution is -2.57. The van der Waals surface area contributed by atoms with Gasteiger partial charge in [-0.25, -0.2) is 13.2 Å². The lowest BCUT2D eigenvalue weighted by molar-refractivity contribution is -0.128. The summed E-state index contributed by atoms with van der Waals surface area (Å²) in [5, 5.41) is 27.8. The topological polar surface area (TPSA) is 156 Å². The molecule has 4 atom stereocenters. The number of para-hydroxylation sites is 1. The summed E-state index contributed by atoms with van der Waals surface area (Å²) in [6.07, 6.45) is 0.768. The molecule has 1 saturated heterocycles. The van der Waals surface area contributed by atoms with Gasteiger partial charge in [-0.15, -0.1) is 0 Å². The number of amides is 3. The number of urea groups is 1. The normalized spacial score (nSPS) is 16.1. The number of rotatable bonds is 17. The van der Waals surface area contributed by atoms with E-state index in [0.717, 1.165) is 22.2 Å². The molecular weight excluding hydrogens is 693 g/mol. The molecule has 1 aliphatic heterocycles. The van der Waals surface area contributed by atoms with Gasteiger partial charge < -0.3 is 25.4 Å². The lowest BCUT2D eigenvalue weighted by atomic mass is 9.95. The Labute approximate surface area is 312 Å². The summed E-state index contributed by atoms with van der Waals surface area (Å²) in [5.74, 6) is -0.676. The number of sulfonamides is 1. The van der Waals surface area contributed by atoms with E-state index in [0.29, 0.717) is 31.6 Å². The summed E-state index contributed by atoms with van der Waals surface area (Å²) in [5.41, 5.74) is 2.97. The first kappa shape index (κ1) is 39.4. The van der Waals surface area contributed by atoms with Gasteiger partial charge in [0.1, 0.15) is 6.04 Å². The molecule has 3 amide bonds. The maximum atomic E-state index is 14.4. The van der Waals surface area contributed by atoms with Gasteiger partial charge in [0.05, 0.1) is 41.0 Å². The molecule has 0 bridgehead atoms. The van der Waals surface area contributed by atoms with E-state index in [1.165, 1.54) is 34.8 Å². The molecule has 0 aliphatic carbocycles. The minimum atomic E-state index is -4.07. The van der Waals surface area contributed by atoms with Crippen LogP contribution >= 0.6 is 0 Å². The van der Waals surface area contributed by atoms with E-state index in [1.54, 1.807) is 9.80 Å². The Kier molecular flexibility index (Phi) is 13.2. The Morgan fingerprint density at radius 1 is 0.962 bits per heavy atom. The molecule has 2 heterocycles. The number of hydrogen-bond acceptors (Lipinski definition) is 8. The number of fused-ring (bicyclic) bond motifs is 1. The van der Waals surface area contributed by atoms with Crippen molar-refractivity contribution >= 4 is 39.1 Å². The molecular formula is C40H50N6O6S. The highest BCUT2D eigenvalue weighted by Gasteiger charge is 2.41. The molecule has 0 unspecified atom stereocenters. The van der Waals surface area contributed by atoms with Crippen LogP contribution in [-0.4, -0.2) is 100 Å². The van der Waals surface area contributed by atoms with Crippen molar-refractivity contribution in [3.05, 3.63) is 108 Å². The summed E-state index contributed by atoms with van der Waals surface area (Å²) in [7, 11) is -4.07. The molecule has 13 heteroatoms. The zero-order chi connectivity index (χ0) is 38.1. The Morgan fingerprint density at radius 3 is 2.34 bits per heavy atom. The van der Waals surface area contributed by atoms with Crippen LogP contribution in [0.25, 0.3) is 10.9 Å².